The smallest absolute Gasteiger partial charge is 0.237 e. The summed E-state index contributed by atoms with van der Waals surface area (Å²) < 4.78 is 0. The van der Waals surface area contributed by atoms with Gasteiger partial charge in [0.25, 0.3) is 0 Å². The summed E-state index contributed by atoms with van der Waals surface area (Å²) in [6, 6.07) is 9.48. The maximum Gasteiger partial charge on any atom is 0.237 e. The minimum Gasteiger partial charge on any atom is -0.349 e. The fourth-order valence-corrected chi connectivity index (χ4v) is 2.61. The molecule has 0 saturated heterocycles. The first-order valence-electron chi connectivity index (χ1n) is 6.91. The van der Waals surface area contributed by atoms with E-state index in [2.05, 4.69) is 10.3 Å². The van der Waals surface area contributed by atoms with Crippen LogP contribution in [0.25, 0.3) is 10.6 Å². The second-order valence-corrected chi connectivity index (χ2v) is 6.93. The molecular weight excluding hydrogens is 282 g/mol. The lowest BCUT2D eigenvalue weighted by Gasteiger charge is -2.25. The highest BCUT2D eigenvalue weighted by atomic mass is 32.1. The van der Waals surface area contributed by atoms with Crippen molar-refractivity contribution in [2.45, 2.75) is 33.4 Å². The Labute approximate surface area is 129 Å². The standard InChI is InChI=1S/C16H21N3OS/c1-16(2,3)13(17)14(20)18-9-12-10-21-15(19-12)11-7-5-4-6-8-11/h4-8,10,13H,9,17H2,1-3H3,(H,18,20)/t13-/m1/s1. The fourth-order valence-electron chi connectivity index (χ4n) is 1.78. The maximum atomic E-state index is 12.0. The van der Waals surface area contributed by atoms with Crippen molar-refractivity contribution in [2.75, 3.05) is 0 Å². The summed E-state index contributed by atoms with van der Waals surface area (Å²) >= 11 is 1.57. The summed E-state index contributed by atoms with van der Waals surface area (Å²) in [4.78, 5) is 16.5. The number of hydrogen-bond acceptors (Lipinski definition) is 4. The first-order valence-corrected chi connectivity index (χ1v) is 7.79. The topological polar surface area (TPSA) is 68.0 Å². The fraction of sp³-hybridized carbons (Fsp3) is 0.375. The quantitative estimate of drug-likeness (QED) is 0.912. The summed E-state index contributed by atoms with van der Waals surface area (Å²) in [7, 11) is 0. The van der Waals surface area contributed by atoms with Crippen molar-refractivity contribution in [3.63, 3.8) is 0 Å². The normalized spacial score (nSPS) is 13.0. The van der Waals surface area contributed by atoms with E-state index < -0.39 is 6.04 Å². The van der Waals surface area contributed by atoms with Crippen molar-refractivity contribution in [1.29, 1.82) is 0 Å². The van der Waals surface area contributed by atoms with Crippen molar-refractivity contribution >= 4 is 17.2 Å². The number of nitrogens with two attached hydrogens (primary N) is 1. The third-order valence-electron chi connectivity index (χ3n) is 3.23. The minimum atomic E-state index is -0.523. The number of carbonyl (C=O) groups is 1. The third-order valence-corrected chi connectivity index (χ3v) is 4.17. The first-order chi connectivity index (χ1) is 9.88. The van der Waals surface area contributed by atoms with Crippen LogP contribution in [0.15, 0.2) is 35.7 Å². The number of aromatic nitrogens is 1. The first kappa shape index (κ1) is 15.7. The molecule has 1 atom stereocenters. The zero-order chi connectivity index (χ0) is 15.5. The van der Waals surface area contributed by atoms with E-state index in [1.807, 2.05) is 56.5 Å². The van der Waals surface area contributed by atoms with E-state index in [1.165, 1.54) is 0 Å². The monoisotopic (exact) mass is 303 g/mol. The molecule has 0 saturated carbocycles. The summed E-state index contributed by atoms with van der Waals surface area (Å²) in [6.45, 7) is 6.26. The largest absolute Gasteiger partial charge is 0.349 e. The number of benzene rings is 1. The van der Waals surface area contributed by atoms with Crippen LogP contribution in [0, 0.1) is 5.41 Å². The van der Waals surface area contributed by atoms with E-state index >= 15 is 0 Å². The number of thiazole rings is 1. The van der Waals surface area contributed by atoms with Gasteiger partial charge in [-0.15, -0.1) is 11.3 Å². The minimum absolute atomic E-state index is 0.142. The van der Waals surface area contributed by atoms with Gasteiger partial charge >= 0.3 is 0 Å². The molecule has 0 aliphatic carbocycles. The van der Waals surface area contributed by atoms with Crippen molar-refractivity contribution < 1.29 is 4.79 Å². The molecule has 1 aromatic carbocycles. The van der Waals surface area contributed by atoms with Gasteiger partial charge in [-0.2, -0.15) is 0 Å². The van der Waals surface area contributed by atoms with Crippen molar-refractivity contribution in [3.8, 4) is 10.6 Å². The molecule has 2 aromatic rings. The van der Waals surface area contributed by atoms with E-state index in [1.54, 1.807) is 11.3 Å². The lowest BCUT2D eigenvalue weighted by molar-refractivity contribution is -0.124. The van der Waals surface area contributed by atoms with Gasteiger partial charge in [-0.3, -0.25) is 4.79 Å². The Balaban J connectivity index is 1.96. The highest BCUT2D eigenvalue weighted by molar-refractivity contribution is 7.13. The molecule has 0 aliphatic heterocycles. The summed E-state index contributed by atoms with van der Waals surface area (Å²) in [5.41, 5.74) is 7.62. The molecule has 0 aliphatic rings. The SMILES string of the molecule is CC(C)(C)[C@H](N)C(=O)NCc1csc(-c2ccccc2)n1. The average Bonchev–Trinajstić information content (AvgIpc) is 2.93. The van der Waals surface area contributed by atoms with Crippen LogP contribution in [0.3, 0.4) is 0 Å². The van der Waals surface area contributed by atoms with Gasteiger partial charge in [-0.1, -0.05) is 51.1 Å². The van der Waals surface area contributed by atoms with Crippen LogP contribution < -0.4 is 11.1 Å². The van der Waals surface area contributed by atoms with Gasteiger partial charge in [0, 0.05) is 10.9 Å². The van der Waals surface area contributed by atoms with Gasteiger partial charge in [0.2, 0.25) is 5.91 Å². The van der Waals surface area contributed by atoms with Gasteiger partial charge in [-0.05, 0) is 5.41 Å². The Kier molecular flexibility index (Phi) is 4.75. The molecule has 5 heteroatoms. The molecule has 0 bridgehead atoms. The van der Waals surface area contributed by atoms with Crippen LogP contribution in [0.1, 0.15) is 26.5 Å². The van der Waals surface area contributed by atoms with E-state index in [4.69, 9.17) is 5.73 Å². The van der Waals surface area contributed by atoms with Crippen LogP contribution >= 0.6 is 11.3 Å². The molecule has 0 unspecified atom stereocenters. The van der Waals surface area contributed by atoms with Crippen molar-refractivity contribution in [1.82, 2.24) is 10.3 Å². The molecule has 112 valence electrons. The molecule has 1 amide bonds. The zero-order valence-corrected chi connectivity index (χ0v) is 13.4. The Hall–Kier alpha value is -1.72. The lowest BCUT2D eigenvalue weighted by atomic mass is 9.87. The Morgan fingerprint density at radius 2 is 2.00 bits per heavy atom. The highest BCUT2D eigenvalue weighted by Crippen LogP contribution is 2.23. The number of nitrogens with one attached hydrogen (secondary N) is 1. The second kappa shape index (κ2) is 6.37. The molecule has 21 heavy (non-hydrogen) atoms. The number of amides is 1. The Morgan fingerprint density at radius 1 is 1.33 bits per heavy atom. The van der Waals surface area contributed by atoms with Crippen LogP contribution in [-0.2, 0) is 11.3 Å². The van der Waals surface area contributed by atoms with Gasteiger partial charge in [-0.25, -0.2) is 4.98 Å². The van der Waals surface area contributed by atoms with E-state index in [9.17, 15) is 4.79 Å². The number of carbonyl (C=O) groups excluding carboxylic acids is 1. The molecule has 0 spiro atoms. The lowest BCUT2D eigenvalue weighted by Crippen LogP contribution is -2.48. The molecule has 1 heterocycles. The van der Waals surface area contributed by atoms with E-state index in [0.717, 1.165) is 16.3 Å². The number of rotatable bonds is 4. The molecule has 1 aromatic heterocycles. The molecule has 3 N–H and O–H groups in total. The Morgan fingerprint density at radius 3 is 2.62 bits per heavy atom. The predicted octanol–water partition coefficient (Wildman–Crippen LogP) is 2.80. The van der Waals surface area contributed by atoms with Crippen molar-refractivity contribution in [3.05, 3.63) is 41.4 Å². The number of hydrogen-bond donors (Lipinski definition) is 2. The molecule has 0 fully saturated rings. The summed E-state index contributed by atoms with van der Waals surface area (Å²) in [5.74, 6) is -0.142. The van der Waals surface area contributed by atoms with Crippen molar-refractivity contribution in [2.24, 2.45) is 11.1 Å². The van der Waals surface area contributed by atoms with Gasteiger partial charge in [0.15, 0.2) is 0 Å². The highest BCUT2D eigenvalue weighted by Gasteiger charge is 2.27. The van der Waals surface area contributed by atoms with Crippen LogP contribution in [0.4, 0.5) is 0 Å². The third kappa shape index (κ3) is 4.12. The van der Waals surface area contributed by atoms with Gasteiger partial charge < -0.3 is 11.1 Å². The molecule has 0 radical (unpaired) electrons. The molecule has 2 rings (SSSR count). The van der Waals surface area contributed by atoms with Gasteiger partial charge in [0.05, 0.1) is 18.3 Å². The zero-order valence-electron chi connectivity index (χ0n) is 12.6. The molecular formula is C16H21N3OS. The maximum absolute atomic E-state index is 12.0. The van der Waals surface area contributed by atoms with Crippen LogP contribution in [0.5, 0.6) is 0 Å². The van der Waals surface area contributed by atoms with E-state index in [-0.39, 0.29) is 11.3 Å². The number of nitrogens with zero attached hydrogens (tertiary/aromatic N) is 1. The molecule has 4 nitrogen and oxygen atoms in total. The summed E-state index contributed by atoms with van der Waals surface area (Å²) in [6.07, 6.45) is 0. The predicted molar refractivity (Wildman–Crippen MR) is 86.8 cm³/mol. The average molecular weight is 303 g/mol. The van der Waals surface area contributed by atoms with E-state index in [0.29, 0.717) is 6.54 Å². The Bertz CT molecular complexity index is 601. The van der Waals surface area contributed by atoms with Gasteiger partial charge in [0.1, 0.15) is 5.01 Å². The van der Waals surface area contributed by atoms with Crippen LogP contribution in [-0.4, -0.2) is 16.9 Å². The van der Waals surface area contributed by atoms with Crippen LogP contribution in [0.2, 0.25) is 0 Å². The summed E-state index contributed by atoms with van der Waals surface area (Å²) in [5, 5.41) is 5.77. The second-order valence-electron chi connectivity index (χ2n) is 6.07.